The van der Waals surface area contributed by atoms with Crippen molar-refractivity contribution in [1.82, 2.24) is 19.7 Å². The molecule has 2 atom stereocenters. The van der Waals surface area contributed by atoms with Crippen molar-refractivity contribution in [3.8, 4) is 0 Å². The molecule has 2 unspecified atom stereocenters. The summed E-state index contributed by atoms with van der Waals surface area (Å²) in [5, 5.41) is 1.15. The van der Waals surface area contributed by atoms with Gasteiger partial charge in [-0.25, -0.2) is 4.79 Å². The number of para-hydroxylation sites is 1. The lowest BCUT2D eigenvalue weighted by Crippen LogP contribution is -2.58. The Morgan fingerprint density at radius 2 is 1.70 bits per heavy atom. The van der Waals surface area contributed by atoms with Crippen LogP contribution in [0.25, 0.3) is 10.9 Å². The molecule has 1 aromatic heterocycles. The van der Waals surface area contributed by atoms with Crippen molar-refractivity contribution in [3.63, 3.8) is 0 Å². The normalized spacial score (nSPS) is 19.8. The van der Waals surface area contributed by atoms with Crippen LogP contribution in [-0.4, -0.2) is 70.4 Å². The highest BCUT2D eigenvalue weighted by Gasteiger charge is 2.37. The van der Waals surface area contributed by atoms with E-state index in [-0.39, 0.29) is 24.0 Å². The molecule has 212 valence electrons. The van der Waals surface area contributed by atoms with Crippen molar-refractivity contribution in [1.29, 1.82) is 0 Å². The van der Waals surface area contributed by atoms with Gasteiger partial charge in [-0.05, 0) is 59.9 Å². The van der Waals surface area contributed by atoms with E-state index in [0.717, 1.165) is 43.3 Å². The van der Waals surface area contributed by atoms with Gasteiger partial charge in [0.2, 0.25) is 5.91 Å². The summed E-state index contributed by atoms with van der Waals surface area (Å²) in [6.45, 7) is 10.3. The maximum atomic E-state index is 13.6. The zero-order chi connectivity index (χ0) is 28.2. The number of hydrogen-bond donors (Lipinski definition) is 1. The monoisotopic (exact) mass is 541 g/mol. The first-order valence-electron chi connectivity index (χ1n) is 14.9. The third kappa shape index (κ3) is 6.15. The summed E-state index contributed by atoms with van der Waals surface area (Å²) in [6, 6.07) is 19.4. The fourth-order valence-corrected chi connectivity index (χ4v) is 6.46. The number of aromatic nitrogens is 1. The van der Waals surface area contributed by atoms with Gasteiger partial charge in [0.05, 0.1) is 11.6 Å². The fraction of sp³-hybridized carbons (Fsp3) is 0.485. The maximum absolute atomic E-state index is 13.6. The van der Waals surface area contributed by atoms with E-state index in [1.54, 1.807) is 4.90 Å². The zero-order valence-corrected chi connectivity index (χ0v) is 24.1. The van der Waals surface area contributed by atoms with Crippen LogP contribution in [0.3, 0.4) is 0 Å². The van der Waals surface area contributed by atoms with Crippen molar-refractivity contribution < 1.29 is 9.59 Å². The van der Waals surface area contributed by atoms with Gasteiger partial charge >= 0.3 is 6.03 Å². The molecule has 3 heterocycles. The van der Waals surface area contributed by atoms with E-state index in [1.165, 1.54) is 16.7 Å². The van der Waals surface area contributed by atoms with Gasteiger partial charge in [-0.15, -0.1) is 0 Å². The summed E-state index contributed by atoms with van der Waals surface area (Å²) in [6.07, 6.45) is 5.27. The van der Waals surface area contributed by atoms with Gasteiger partial charge < -0.3 is 15.5 Å². The average Bonchev–Trinajstić information content (AvgIpc) is 2.97. The molecular formula is C33H43N5O2. The van der Waals surface area contributed by atoms with E-state index in [2.05, 4.69) is 79.1 Å². The number of carbonyl (C=O) groups is 2. The maximum Gasteiger partial charge on any atom is 0.314 e. The molecule has 2 aliphatic heterocycles. The standard InChI is InChI=1S/C33H43N5O2/c1-4-24-9-11-26(12-10-24)32(28-20-27-7-5-6-8-29(27)35-21-28)37-17-18-38(30(22-37)23(2)3)31(39)19-25-13-15-36(16-14-25)33(34)40/h5-12,20-21,23,25,30,32H,4,13-19,22H2,1-3H3,(H2,34,40). The van der Waals surface area contributed by atoms with E-state index in [4.69, 9.17) is 10.7 Å². The number of benzene rings is 2. The molecule has 5 rings (SSSR count). The number of piperazine rings is 1. The quantitative estimate of drug-likeness (QED) is 0.444. The fourth-order valence-electron chi connectivity index (χ4n) is 6.46. The number of urea groups is 1. The predicted molar refractivity (Wildman–Crippen MR) is 160 cm³/mol. The van der Waals surface area contributed by atoms with Gasteiger partial charge in [-0.1, -0.05) is 63.2 Å². The smallest absolute Gasteiger partial charge is 0.314 e. The van der Waals surface area contributed by atoms with Gasteiger partial charge in [-0.3, -0.25) is 14.7 Å². The van der Waals surface area contributed by atoms with Gasteiger partial charge in [-0.2, -0.15) is 0 Å². The highest BCUT2D eigenvalue weighted by Crippen LogP contribution is 2.34. The van der Waals surface area contributed by atoms with E-state index in [0.29, 0.717) is 37.9 Å². The SMILES string of the molecule is CCc1ccc(C(c2cnc3ccccc3c2)N2CCN(C(=O)CC3CCN(C(N)=O)CC3)C(C(C)C)C2)cc1. The second-order valence-electron chi connectivity index (χ2n) is 11.8. The van der Waals surface area contributed by atoms with E-state index >= 15 is 0 Å². The Bertz CT molecular complexity index is 1320. The summed E-state index contributed by atoms with van der Waals surface area (Å²) in [5.41, 5.74) is 10.2. The minimum absolute atomic E-state index is 0.0691. The Balaban J connectivity index is 1.37. The minimum atomic E-state index is -0.360. The summed E-state index contributed by atoms with van der Waals surface area (Å²) in [4.78, 5) is 36.3. The molecule has 2 N–H and O–H groups in total. The molecule has 2 saturated heterocycles. The molecule has 0 saturated carbocycles. The highest BCUT2D eigenvalue weighted by atomic mass is 16.2. The topological polar surface area (TPSA) is 82.8 Å². The van der Waals surface area contributed by atoms with Crippen LogP contribution in [-0.2, 0) is 11.2 Å². The Hall–Kier alpha value is -3.45. The third-order valence-corrected chi connectivity index (χ3v) is 8.93. The van der Waals surface area contributed by atoms with Crippen molar-refractivity contribution >= 4 is 22.8 Å². The summed E-state index contributed by atoms with van der Waals surface area (Å²) in [5.74, 6) is 0.885. The molecule has 3 amide bonds. The molecule has 2 aromatic carbocycles. The molecule has 2 fully saturated rings. The van der Waals surface area contributed by atoms with Crippen molar-refractivity contribution in [2.75, 3.05) is 32.7 Å². The second kappa shape index (κ2) is 12.4. The Kier molecular flexibility index (Phi) is 8.69. The van der Waals surface area contributed by atoms with Crippen molar-refractivity contribution in [2.45, 2.75) is 58.5 Å². The van der Waals surface area contributed by atoms with Crippen molar-refractivity contribution in [2.24, 2.45) is 17.6 Å². The number of carbonyl (C=O) groups excluding carboxylic acids is 2. The molecular weight excluding hydrogens is 498 g/mol. The number of amides is 3. The molecule has 7 nitrogen and oxygen atoms in total. The van der Waals surface area contributed by atoms with E-state index < -0.39 is 0 Å². The molecule has 0 bridgehead atoms. The van der Waals surface area contributed by atoms with Crippen LogP contribution >= 0.6 is 0 Å². The van der Waals surface area contributed by atoms with Gasteiger partial charge in [0, 0.05) is 56.8 Å². The lowest BCUT2D eigenvalue weighted by Gasteiger charge is -2.46. The molecule has 2 aliphatic rings. The molecule has 3 aromatic rings. The first kappa shape index (κ1) is 28.1. The lowest BCUT2D eigenvalue weighted by molar-refractivity contribution is -0.139. The van der Waals surface area contributed by atoms with Crippen LogP contribution < -0.4 is 5.73 Å². The second-order valence-corrected chi connectivity index (χ2v) is 11.8. The third-order valence-electron chi connectivity index (χ3n) is 8.93. The molecule has 7 heteroatoms. The summed E-state index contributed by atoms with van der Waals surface area (Å²) >= 11 is 0. The van der Waals surface area contributed by atoms with Crippen LogP contribution in [0.4, 0.5) is 4.79 Å². The number of rotatable bonds is 7. The Morgan fingerprint density at radius 1 is 0.975 bits per heavy atom. The van der Waals surface area contributed by atoms with Crippen LogP contribution in [0.15, 0.2) is 60.8 Å². The minimum Gasteiger partial charge on any atom is -0.351 e. The van der Waals surface area contributed by atoms with E-state index in [9.17, 15) is 9.59 Å². The van der Waals surface area contributed by atoms with Gasteiger partial charge in [0.25, 0.3) is 0 Å². The predicted octanol–water partition coefficient (Wildman–Crippen LogP) is 5.24. The number of aryl methyl sites for hydroxylation is 1. The van der Waals surface area contributed by atoms with Crippen LogP contribution in [0.1, 0.15) is 62.8 Å². The molecule has 0 aliphatic carbocycles. The van der Waals surface area contributed by atoms with Crippen molar-refractivity contribution in [3.05, 3.63) is 77.5 Å². The first-order chi connectivity index (χ1) is 19.3. The Labute approximate surface area is 238 Å². The molecule has 0 radical (unpaired) electrons. The first-order valence-corrected chi connectivity index (χ1v) is 14.9. The number of piperidine rings is 1. The number of nitrogens with zero attached hydrogens (tertiary/aromatic N) is 4. The molecule has 0 spiro atoms. The average molecular weight is 542 g/mol. The number of hydrogen-bond acceptors (Lipinski definition) is 4. The van der Waals surface area contributed by atoms with E-state index in [1.807, 2.05) is 12.3 Å². The summed E-state index contributed by atoms with van der Waals surface area (Å²) in [7, 11) is 0. The molecule has 40 heavy (non-hydrogen) atoms. The van der Waals surface area contributed by atoms with Gasteiger partial charge in [0.15, 0.2) is 0 Å². The van der Waals surface area contributed by atoms with Crippen LogP contribution in [0.2, 0.25) is 0 Å². The number of fused-ring (bicyclic) bond motifs is 1. The number of likely N-dealkylation sites (tertiary alicyclic amines) is 1. The number of pyridine rings is 1. The number of nitrogens with two attached hydrogens (primary N) is 1. The lowest BCUT2D eigenvalue weighted by atomic mass is 9.90. The highest BCUT2D eigenvalue weighted by molar-refractivity contribution is 5.79. The van der Waals surface area contributed by atoms with Crippen LogP contribution in [0, 0.1) is 11.8 Å². The Morgan fingerprint density at radius 3 is 2.38 bits per heavy atom. The number of primary amides is 1. The van der Waals surface area contributed by atoms with Gasteiger partial charge in [0.1, 0.15) is 0 Å². The van der Waals surface area contributed by atoms with Crippen LogP contribution in [0.5, 0.6) is 0 Å². The summed E-state index contributed by atoms with van der Waals surface area (Å²) < 4.78 is 0. The zero-order valence-electron chi connectivity index (χ0n) is 24.1. The largest absolute Gasteiger partial charge is 0.351 e.